The molecule has 0 bridgehead atoms. The number of nitrogens with two attached hydrogens (primary N) is 2. The van der Waals surface area contributed by atoms with Gasteiger partial charge in [0.15, 0.2) is 0 Å². The summed E-state index contributed by atoms with van der Waals surface area (Å²) in [4.78, 5) is 68.6. The Balaban J connectivity index is 2.28. The van der Waals surface area contributed by atoms with Gasteiger partial charge >= 0.3 is 5.97 Å². The molecule has 1 heterocycles. The van der Waals surface area contributed by atoms with Gasteiger partial charge in [-0.2, -0.15) is 0 Å². The Morgan fingerprint density at radius 3 is 2.00 bits per heavy atom. The molecule has 2 rings (SSSR count). The number of carboxylic acid groups (broad SMARTS) is 1. The topological polar surface area (TPSA) is 222 Å². The van der Waals surface area contributed by atoms with E-state index in [0.717, 1.165) is 0 Å². The van der Waals surface area contributed by atoms with E-state index in [2.05, 4.69) is 25.9 Å². The smallest absolute Gasteiger partial charge is 0.326 e. The van der Waals surface area contributed by atoms with Crippen molar-refractivity contribution in [2.75, 3.05) is 0 Å². The molecule has 4 amide bonds. The van der Waals surface area contributed by atoms with Gasteiger partial charge in [0.1, 0.15) is 18.1 Å². The minimum Gasteiger partial charge on any atom is -0.480 e. The van der Waals surface area contributed by atoms with Gasteiger partial charge in [0, 0.05) is 24.7 Å². The first-order valence-corrected chi connectivity index (χ1v) is 11.7. The van der Waals surface area contributed by atoms with Crippen LogP contribution < -0.4 is 27.4 Å². The minimum atomic E-state index is -1.58. The van der Waals surface area contributed by atoms with Crippen LogP contribution in [0.2, 0.25) is 0 Å². The number of carboxylic acids is 1. The second kappa shape index (κ2) is 13.7. The summed E-state index contributed by atoms with van der Waals surface area (Å²) in [5.74, 6) is -4.64. The summed E-state index contributed by atoms with van der Waals surface area (Å²) in [5, 5.41) is 16.8. The minimum absolute atomic E-state index is 0.0115. The molecule has 0 aliphatic heterocycles. The Bertz CT molecular complexity index is 1070. The lowest BCUT2D eigenvalue weighted by Crippen LogP contribution is -2.58. The molecular formula is C24H33N7O6. The maximum Gasteiger partial charge on any atom is 0.326 e. The van der Waals surface area contributed by atoms with E-state index in [4.69, 9.17) is 11.5 Å². The van der Waals surface area contributed by atoms with Gasteiger partial charge in [0.2, 0.25) is 23.6 Å². The van der Waals surface area contributed by atoms with Crippen LogP contribution >= 0.6 is 0 Å². The van der Waals surface area contributed by atoms with Crippen LogP contribution in [0.3, 0.4) is 0 Å². The molecule has 1 aromatic heterocycles. The number of nitrogens with zero attached hydrogens (tertiary/aromatic N) is 1. The molecule has 0 saturated carbocycles. The largest absolute Gasteiger partial charge is 0.480 e. The number of aromatic nitrogens is 2. The number of rotatable bonds is 14. The van der Waals surface area contributed by atoms with Crippen molar-refractivity contribution in [3.8, 4) is 0 Å². The summed E-state index contributed by atoms with van der Waals surface area (Å²) in [6.07, 6.45) is 2.32. The van der Waals surface area contributed by atoms with E-state index in [1.807, 2.05) is 0 Å². The second-order valence-electron chi connectivity index (χ2n) is 8.93. The van der Waals surface area contributed by atoms with E-state index < -0.39 is 60.2 Å². The first-order chi connectivity index (χ1) is 17.5. The Kier molecular flexibility index (Phi) is 10.8. The SMILES string of the molecule is CC(C)C(N)C(=O)NC(Cc1cnc[nH]1)C(=O)NC(Cc1ccccc1)C(=O)NC(CC(N)=O)C(=O)O. The third kappa shape index (κ3) is 9.37. The predicted molar refractivity (Wildman–Crippen MR) is 132 cm³/mol. The third-order valence-corrected chi connectivity index (χ3v) is 5.57. The molecule has 4 unspecified atom stereocenters. The fraction of sp³-hybridized carbons (Fsp3) is 0.417. The second-order valence-corrected chi connectivity index (χ2v) is 8.93. The summed E-state index contributed by atoms with van der Waals surface area (Å²) in [7, 11) is 0. The zero-order valence-corrected chi connectivity index (χ0v) is 20.6. The quantitative estimate of drug-likeness (QED) is 0.158. The lowest BCUT2D eigenvalue weighted by molar-refractivity contribution is -0.143. The Hall–Kier alpha value is -4.26. The van der Waals surface area contributed by atoms with Gasteiger partial charge in [0.05, 0.1) is 18.8 Å². The summed E-state index contributed by atoms with van der Waals surface area (Å²) >= 11 is 0. The van der Waals surface area contributed by atoms with Crippen molar-refractivity contribution in [2.24, 2.45) is 17.4 Å². The molecule has 37 heavy (non-hydrogen) atoms. The first kappa shape index (κ1) is 29.0. The van der Waals surface area contributed by atoms with Gasteiger partial charge in [0.25, 0.3) is 0 Å². The molecule has 13 nitrogen and oxygen atoms in total. The van der Waals surface area contributed by atoms with Gasteiger partial charge in [-0.15, -0.1) is 0 Å². The van der Waals surface area contributed by atoms with Crippen molar-refractivity contribution in [3.05, 3.63) is 54.1 Å². The molecule has 0 fully saturated rings. The Morgan fingerprint density at radius 1 is 0.919 bits per heavy atom. The summed E-state index contributed by atoms with van der Waals surface area (Å²) in [6, 6.07) is 3.93. The molecule has 4 atom stereocenters. The fourth-order valence-corrected chi connectivity index (χ4v) is 3.40. The van der Waals surface area contributed by atoms with Crippen LogP contribution in [0.1, 0.15) is 31.5 Å². The number of aliphatic carboxylic acids is 1. The number of imidazole rings is 1. The number of hydrogen-bond acceptors (Lipinski definition) is 7. The number of hydrogen-bond donors (Lipinski definition) is 7. The van der Waals surface area contributed by atoms with Gasteiger partial charge in [-0.1, -0.05) is 44.2 Å². The van der Waals surface area contributed by atoms with Crippen molar-refractivity contribution in [3.63, 3.8) is 0 Å². The fourth-order valence-electron chi connectivity index (χ4n) is 3.40. The van der Waals surface area contributed by atoms with Crippen molar-refractivity contribution in [1.29, 1.82) is 0 Å². The maximum atomic E-state index is 13.3. The summed E-state index contributed by atoms with van der Waals surface area (Å²) in [6.45, 7) is 3.53. The Morgan fingerprint density at radius 2 is 1.49 bits per heavy atom. The number of primary amides is 1. The lowest BCUT2D eigenvalue weighted by atomic mass is 10.0. The summed E-state index contributed by atoms with van der Waals surface area (Å²) < 4.78 is 0. The van der Waals surface area contributed by atoms with Crippen molar-refractivity contribution < 1.29 is 29.1 Å². The van der Waals surface area contributed by atoms with Crippen LogP contribution in [0.4, 0.5) is 0 Å². The summed E-state index contributed by atoms with van der Waals surface area (Å²) in [5.41, 5.74) is 12.3. The molecule has 9 N–H and O–H groups in total. The number of benzene rings is 1. The van der Waals surface area contributed by atoms with Crippen LogP contribution in [0.5, 0.6) is 0 Å². The molecule has 0 radical (unpaired) electrons. The molecule has 13 heteroatoms. The highest BCUT2D eigenvalue weighted by atomic mass is 16.4. The van der Waals surface area contributed by atoms with Crippen molar-refractivity contribution >= 4 is 29.6 Å². The predicted octanol–water partition coefficient (Wildman–Crippen LogP) is -1.41. The third-order valence-electron chi connectivity index (χ3n) is 5.57. The van der Waals surface area contributed by atoms with Gasteiger partial charge in [-0.05, 0) is 11.5 Å². The van der Waals surface area contributed by atoms with E-state index in [0.29, 0.717) is 11.3 Å². The monoisotopic (exact) mass is 515 g/mol. The highest BCUT2D eigenvalue weighted by Crippen LogP contribution is 2.07. The van der Waals surface area contributed by atoms with Gasteiger partial charge in [-0.3, -0.25) is 19.2 Å². The number of nitrogens with one attached hydrogen (secondary N) is 4. The van der Waals surface area contributed by atoms with Crippen molar-refractivity contribution in [2.45, 2.75) is 57.3 Å². The number of aromatic amines is 1. The molecule has 0 aliphatic rings. The molecule has 0 aliphatic carbocycles. The van der Waals surface area contributed by atoms with Crippen LogP contribution in [0.25, 0.3) is 0 Å². The van der Waals surface area contributed by atoms with E-state index in [1.54, 1.807) is 44.2 Å². The average molecular weight is 516 g/mol. The zero-order valence-electron chi connectivity index (χ0n) is 20.6. The number of H-pyrrole nitrogens is 1. The van der Waals surface area contributed by atoms with Crippen LogP contribution in [0, 0.1) is 5.92 Å². The molecule has 0 spiro atoms. The zero-order chi connectivity index (χ0) is 27.5. The number of carbonyl (C=O) groups is 5. The highest BCUT2D eigenvalue weighted by Gasteiger charge is 2.31. The molecular weight excluding hydrogens is 482 g/mol. The van der Waals surface area contributed by atoms with Crippen molar-refractivity contribution in [1.82, 2.24) is 25.9 Å². The Labute approximate surface area is 213 Å². The maximum absolute atomic E-state index is 13.3. The highest BCUT2D eigenvalue weighted by molar-refractivity contribution is 5.95. The van der Waals surface area contributed by atoms with Gasteiger partial charge in [-0.25, -0.2) is 9.78 Å². The normalized spacial score (nSPS) is 14.2. The molecule has 2 aromatic rings. The van der Waals surface area contributed by atoms with Crippen LogP contribution in [-0.2, 0) is 36.8 Å². The molecule has 1 aromatic carbocycles. The van der Waals surface area contributed by atoms with Crippen LogP contribution in [-0.4, -0.2) is 68.8 Å². The lowest BCUT2D eigenvalue weighted by Gasteiger charge is -2.25. The van der Waals surface area contributed by atoms with E-state index >= 15 is 0 Å². The molecule has 0 saturated heterocycles. The van der Waals surface area contributed by atoms with Crippen LogP contribution in [0.15, 0.2) is 42.9 Å². The average Bonchev–Trinajstić information content (AvgIpc) is 3.35. The molecule has 200 valence electrons. The van der Waals surface area contributed by atoms with E-state index in [-0.39, 0.29) is 18.8 Å². The number of carbonyl (C=O) groups excluding carboxylic acids is 4. The van der Waals surface area contributed by atoms with E-state index in [9.17, 15) is 29.1 Å². The standard InChI is InChI=1S/C24H33N7O6/c1-13(2)20(26)23(35)30-17(9-15-11-27-12-28-15)22(34)29-16(8-14-6-4-3-5-7-14)21(33)31-18(24(36)37)10-19(25)32/h3-7,11-13,16-18,20H,8-10,26H2,1-2H3,(H2,25,32)(H,27,28)(H,29,34)(H,30,35)(H,31,33)(H,36,37). The van der Waals surface area contributed by atoms with E-state index in [1.165, 1.54) is 12.5 Å². The first-order valence-electron chi connectivity index (χ1n) is 11.7. The number of amides is 4. The van der Waals surface area contributed by atoms with Gasteiger partial charge < -0.3 is 37.5 Å².